The number of rotatable bonds is 8. The van der Waals surface area contributed by atoms with Gasteiger partial charge in [0.25, 0.3) is 5.91 Å². The quantitative estimate of drug-likeness (QED) is 0.383. The smallest absolute Gasteiger partial charge is 0.339 e. The highest BCUT2D eigenvalue weighted by molar-refractivity contribution is 6.30. The Labute approximate surface area is 211 Å². The first-order valence-electron chi connectivity index (χ1n) is 11.6. The monoisotopic (exact) mass is 488 g/mol. The Morgan fingerprint density at radius 2 is 1.60 bits per heavy atom. The topological polar surface area (TPSA) is 79.2 Å². The molecule has 35 heavy (non-hydrogen) atoms. The van der Waals surface area contributed by atoms with Gasteiger partial charge in [0.15, 0.2) is 0 Å². The standard InChI is InChI=1S/C29H29ClN2O3/c1-19(2)28(33)32-35-29(34)27(23-9-5-4-6-10-23)20(3)26(17-21-12-14-25(30)15-13-21)24-11-7-8-22(16-24)18-31/h4-16,19-20,26-27H,17H2,1-3H3,(H,32,33)/t20-,26-,27?/m0/s1. The fourth-order valence-corrected chi connectivity index (χ4v) is 4.28. The highest BCUT2D eigenvalue weighted by Gasteiger charge is 2.35. The predicted octanol–water partition coefficient (Wildman–Crippen LogP) is 6.19. The van der Waals surface area contributed by atoms with Crippen molar-refractivity contribution in [3.63, 3.8) is 0 Å². The summed E-state index contributed by atoms with van der Waals surface area (Å²) in [6.45, 7) is 5.46. The molecule has 0 saturated heterocycles. The fraction of sp³-hybridized carbons (Fsp3) is 0.276. The highest BCUT2D eigenvalue weighted by Crippen LogP contribution is 2.39. The first-order chi connectivity index (χ1) is 16.8. The van der Waals surface area contributed by atoms with Crippen LogP contribution in [-0.2, 0) is 20.8 Å². The van der Waals surface area contributed by atoms with Crippen LogP contribution < -0.4 is 5.48 Å². The van der Waals surface area contributed by atoms with Gasteiger partial charge in [-0.2, -0.15) is 10.7 Å². The Morgan fingerprint density at radius 3 is 2.23 bits per heavy atom. The van der Waals surface area contributed by atoms with Gasteiger partial charge in [-0.25, -0.2) is 4.79 Å². The Hall–Kier alpha value is -3.62. The number of carbonyl (C=O) groups excluding carboxylic acids is 2. The Morgan fingerprint density at radius 1 is 0.943 bits per heavy atom. The molecule has 6 heteroatoms. The maximum Gasteiger partial charge on any atom is 0.339 e. The highest BCUT2D eigenvalue weighted by atomic mass is 35.5. The molecular formula is C29H29ClN2O3. The molecule has 3 aromatic carbocycles. The molecule has 0 aromatic heterocycles. The van der Waals surface area contributed by atoms with Crippen LogP contribution in [0.5, 0.6) is 0 Å². The Kier molecular flexibility index (Phi) is 9.05. The third kappa shape index (κ3) is 6.94. The van der Waals surface area contributed by atoms with Crippen molar-refractivity contribution in [2.45, 2.75) is 39.0 Å². The normalized spacial score (nSPS) is 13.4. The molecule has 5 nitrogen and oxygen atoms in total. The number of hydrogen-bond donors (Lipinski definition) is 1. The number of benzene rings is 3. The Balaban J connectivity index is 2.01. The van der Waals surface area contributed by atoms with E-state index >= 15 is 0 Å². The van der Waals surface area contributed by atoms with E-state index in [2.05, 4.69) is 11.5 Å². The summed E-state index contributed by atoms with van der Waals surface area (Å²) in [5.74, 6) is -2.21. The molecule has 3 aromatic rings. The van der Waals surface area contributed by atoms with Gasteiger partial charge in [-0.05, 0) is 59.2 Å². The molecule has 1 unspecified atom stereocenters. The van der Waals surface area contributed by atoms with Crippen molar-refractivity contribution in [3.05, 3.63) is 106 Å². The van der Waals surface area contributed by atoms with Gasteiger partial charge in [0.05, 0.1) is 17.6 Å². The number of hydrogen-bond acceptors (Lipinski definition) is 4. The van der Waals surface area contributed by atoms with E-state index in [1.165, 1.54) is 0 Å². The molecule has 0 spiro atoms. The van der Waals surface area contributed by atoms with E-state index in [1.54, 1.807) is 19.9 Å². The van der Waals surface area contributed by atoms with E-state index in [4.69, 9.17) is 16.4 Å². The van der Waals surface area contributed by atoms with Gasteiger partial charge in [0, 0.05) is 10.9 Å². The molecule has 0 aliphatic heterocycles. The van der Waals surface area contributed by atoms with Gasteiger partial charge in [0.1, 0.15) is 0 Å². The summed E-state index contributed by atoms with van der Waals surface area (Å²) in [6, 6.07) is 26.7. The lowest BCUT2D eigenvalue weighted by atomic mass is 9.73. The van der Waals surface area contributed by atoms with Gasteiger partial charge in [-0.15, -0.1) is 0 Å². The fourth-order valence-electron chi connectivity index (χ4n) is 4.15. The number of carbonyl (C=O) groups is 2. The zero-order valence-corrected chi connectivity index (χ0v) is 20.8. The zero-order chi connectivity index (χ0) is 25.4. The molecule has 0 aliphatic rings. The number of nitrogens with one attached hydrogen (secondary N) is 1. The van der Waals surface area contributed by atoms with E-state index in [0.717, 1.165) is 16.7 Å². The molecule has 1 N–H and O–H groups in total. The van der Waals surface area contributed by atoms with Gasteiger partial charge in [-0.1, -0.05) is 87.0 Å². The minimum atomic E-state index is -0.647. The summed E-state index contributed by atoms with van der Waals surface area (Å²) < 4.78 is 0. The molecule has 180 valence electrons. The van der Waals surface area contributed by atoms with E-state index in [0.29, 0.717) is 17.0 Å². The molecule has 0 bridgehead atoms. The van der Waals surface area contributed by atoms with Crippen molar-refractivity contribution >= 4 is 23.5 Å². The van der Waals surface area contributed by atoms with Crippen LogP contribution in [0.3, 0.4) is 0 Å². The number of hydroxylamine groups is 1. The maximum atomic E-state index is 13.4. The molecular weight excluding hydrogens is 460 g/mol. The lowest BCUT2D eigenvalue weighted by Crippen LogP contribution is -2.35. The van der Waals surface area contributed by atoms with Crippen LogP contribution in [0.15, 0.2) is 78.9 Å². The van der Waals surface area contributed by atoms with Crippen LogP contribution in [0.1, 0.15) is 54.9 Å². The van der Waals surface area contributed by atoms with Crippen molar-refractivity contribution in [1.82, 2.24) is 5.48 Å². The average Bonchev–Trinajstić information content (AvgIpc) is 2.87. The number of nitriles is 1. The minimum Gasteiger partial charge on any atom is -0.340 e. The average molecular weight is 489 g/mol. The molecule has 0 fully saturated rings. The molecule has 0 radical (unpaired) electrons. The van der Waals surface area contributed by atoms with Crippen LogP contribution >= 0.6 is 11.6 Å². The van der Waals surface area contributed by atoms with Crippen LogP contribution in [-0.4, -0.2) is 11.9 Å². The number of amides is 1. The van der Waals surface area contributed by atoms with Gasteiger partial charge in [0.2, 0.25) is 0 Å². The van der Waals surface area contributed by atoms with E-state index < -0.39 is 11.9 Å². The van der Waals surface area contributed by atoms with Gasteiger partial charge >= 0.3 is 5.97 Å². The molecule has 0 heterocycles. The summed E-state index contributed by atoms with van der Waals surface area (Å²) in [7, 11) is 0. The number of halogens is 1. The van der Waals surface area contributed by atoms with E-state index in [9.17, 15) is 14.9 Å². The lowest BCUT2D eigenvalue weighted by molar-refractivity contribution is -0.162. The molecule has 3 atom stereocenters. The molecule has 1 amide bonds. The number of nitrogens with zero attached hydrogens (tertiary/aromatic N) is 1. The van der Waals surface area contributed by atoms with Crippen LogP contribution in [0.25, 0.3) is 0 Å². The van der Waals surface area contributed by atoms with Gasteiger partial charge < -0.3 is 4.84 Å². The summed E-state index contributed by atoms with van der Waals surface area (Å²) in [5, 5.41) is 10.1. The van der Waals surface area contributed by atoms with Crippen molar-refractivity contribution in [1.29, 1.82) is 5.26 Å². The van der Waals surface area contributed by atoms with Crippen LogP contribution in [0, 0.1) is 23.2 Å². The summed E-state index contributed by atoms with van der Waals surface area (Å²) in [4.78, 5) is 30.7. The van der Waals surface area contributed by atoms with E-state index in [1.807, 2.05) is 79.7 Å². The van der Waals surface area contributed by atoms with Crippen LogP contribution in [0.4, 0.5) is 0 Å². The molecule has 0 saturated carbocycles. The summed E-state index contributed by atoms with van der Waals surface area (Å²) in [5.41, 5.74) is 5.65. The second-order valence-corrected chi connectivity index (χ2v) is 9.40. The third-order valence-corrected chi connectivity index (χ3v) is 6.41. The second-order valence-electron chi connectivity index (χ2n) is 8.96. The lowest BCUT2D eigenvalue weighted by Gasteiger charge is -2.31. The maximum absolute atomic E-state index is 13.4. The largest absolute Gasteiger partial charge is 0.340 e. The second kappa shape index (κ2) is 12.2. The van der Waals surface area contributed by atoms with Crippen molar-refractivity contribution in [2.75, 3.05) is 0 Å². The van der Waals surface area contributed by atoms with E-state index in [-0.39, 0.29) is 23.7 Å². The molecule has 3 rings (SSSR count). The first kappa shape index (κ1) is 26.0. The van der Waals surface area contributed by atoms with Crippen molar-refractivity contribution in [2.24, 2.45) is 11.8 Å². The first-order valence-corrected chi connectivity index (χ1v) is 12.0. The minimum absolute atomic E-state index is 0.122. The zero-order valence-electron chi connectivity index (χ0n) is 20.1. The SMILES string of the molecule is CC(C)C(=O)NOC(=O)C(c1ccccc1)[C@@H](C)[C@H](Cc1ccc(Cl)cc1)c1cccc(C#N)c1. The molecule has 0 aliphatic carbocycles. The summed E-state index contributed by atoms with van der Waals surface area (Å²) >= 11 is 6.09. The third-order valence-electron chi connectivity index (χ3n) is 6.16. The van der Waals surface area contributed by atoms with Gasteiger partial charge in [-0.3, -0.25) is 4.79 Å². The van der Waals surface area contributed by atoms with Crippen molar-refractivity contribution < 1.29 is 14.4 Å². The van der Waals surface area contributed by atoms with Crippen LogP contribution in [0.2, 0.25) is 5.02 Å². The Bertz CT molecular complexity index is 1190. The van der Waals surface area contributed by atoms with Crippen molar-refractivity contribution in [3.8, 4) is 6.07 Å². The predicted molar refractivity (Wildman–Crippen MR) is 136 cm³/mol. The summed E-state index contributed by atoms with van der Waals surface area (Å²) in [6.07, 6.45) is 0.627.